The van der Waals surface area contributed by atoms with Crippen LogP contribution in [0.1, 0.15) is 46.0 Å². The highest BCUT2D eigenvalue weighted by Gasteiger charge is 2.22. The van der Waals surface area contributed by atoms with Gasteiger partial charge >= 0.3 is 23.9 Å². The molecule has 47 heavy (non-hydrogen) atoms. The van der Waals surface area contributed by atoms with Crippen molar-refractivity contribution >= 4 is 88.6 Å². The summed E-state index contributed by atoms with van der Waals surface area (Å²) in [6.07, 6.45) is 12.2. The molecule has 0 saturated carbocycles. The van der Waals surface area contributed by atoms with E-state index >= 15 is 0 Å². The SMILES string of the molecule is CC.CSCCC(N)C(=O)NC(CCSC)C(=O)O.CSCC[C@@H](N)C(=O)O.CSCC[C@H](N)C(=O)O.CSCC[C@H](N)C(=O)O.O. The normalized spacial score (nSPS) is 12.7. The molecular weight excluding hydrogens is 715 g/mol. The molecule has 284 valence electrons. The molecule has 2 unspecified atom stereocenters. The van der Waals surface area contributed by atoms with Gasteiger partial charge in [0.25, 0.3) is 0 Å². The molecule has 0 spiro atoms. The van der Waals surface area contributed by atoms with Gasteiger partial charge in [-0.15, -0.1) is 0 Å². The lowest BCUT2D eigenvalue weighted by molar-refractivity contribution is -0.142. The maximum Gasteiger partial charge on any atom is 0.326 e. The lowest BCUT2D eigenvalue weighted by atomic mass is 10.2. The molecule has 0 rings (SSSR count). The van der Waals surface area contributed by atoms with Gasteiger partial charge in [-0.2, -0.15) is 58.8 Å². The van der Waals surface area contributed by atoms with E-state index < -0.39 is 54.1 Å². The predicted octanol–water partition coefficient (Wildman–Crippen LogP) is 1.05. The van der Waals surface area contributed by atoms with E-state index in [4.69, 9.17) is 43.4 Å². The monoisotopic (exact) mass is 775 g/mol. The van der Waals surface area contributed by atoms with E-state index in [1.807, 2.05) is 45.1 Å². The van der Waals surface area contributed by atoms with Crippen LogP contribution >= 0.6 is 58.8 Å². The summed E-state index contributed by atoms with van der Waals surface area (Å²) in [7, 11) is 0. The minimum Gasteiger partial charge on any atom is -0.480 e. The zero-order valence-corrected chi connectivity index (χ0v) is 32.7. The Balaban J connectivity index is -0.000000122. The molecule has 5 atom stereocenters. The average molecular weight is 776 g/mol. The number of amides is 1. The van der Waals surface area contributed by atoms with Crippen molar-refractivity contribution < 1.29 is 49.9 Å². The molecule has 0 aromatic rings. The minimum absolute atomic E-state index is 0. The Kier molecular flexibility index (Phi) is 53.1. The number of carboxylic acids is 4. The second kappa shape index (κ2) is 42.9. The highest BCUT2D eigenvalue weighted by Crippen LogP contribution is 2.04. The van der Waals surface area contributed by atoms with E-state index in [1.54, 1.807) is 58.8 Å². The van der Waals surface area contributed by atoms with Crippen molar-refractivity contribution in [1.82, 2.24) is 5.32 Å². The summed E-state index contributed by atoms with van der Waals surface area (Å²) < 4.78 is 0. The quantitative estimate of drug-likeness (QED) is 0.0786. The molecule has 15 nitrogen and oxygen atoms in total. The fraction of sp³-hybridized carbons (Fsp3) is 0.815. The van der Waals surface area contributed by atoms with E-state index in [1.165, 1.54) is 0 Å². The lowest BCUT2D eigenvalue weighted by Crippen LogP contribution is -2.48. The molecule has 1 amide bonds. The third-order valence-corrected chi connectivity index (χ3v) is 8.27. The van der Waals surface area contributed by atoms with Crippen molar-refractivity contribution in [3.63, 3.8) is 0 Å². The molecule has 0 saturated heterocycles. The van der Waals surface area contributed by atoms with Crippen LogP contribution in [0.25, 0.3) is 0 Å². The fourth-order valence-electron chi connectivity index (χ4n) is 2.25. The molecule has 0 fully saturated rings. The lowest BCUT2D eigenvalue weighted by Gasteiger charge is -2.17. The van der Waals surface area contributed by atoms with E-state index in [0.717, 1.165) is 23.0 Å². The van der Waals surface area contributed by atoms with Crippen LogP contribution in [-0.4, -0.2) is 146 Å². The molecule has 0 aliphatic rings. The van der Waals surface area contributed by atoms with Gasteiger partial charge in [0.15, 0.2) is 0 Å². The first-order valence-corrected chi connectivity index (χ1v) is 21.2. The first-order valence-electron chi connectivity index (χ1n) is 14.3. The number of hydrogen-bond donors (Lipinski definition) is 9. The van der Waals surface area contributed by atoms with E-state index in [2.05, 4.69) is 5.32 Å². The molecule has 0 radical (unpaired) electrons. The van der Waals surface area contributed by atoms with Crippen molar-refractivity contribution in [2.45, 2.75) is 76.2 Å². The Labute approximate surface area is 301 Å². The van der Waals surface area contributed by atoms with Gasteiger partial charge in [0.2, 0.25) is 5.91 Å². The van der Waals surface area contributed by atoms with Gasteiger partial charge in [0, 0.05) is 0 Å². The van der Waals surface area contributed by atoms with Crippen LogP contribution in [0.5, 0.6) is 0 Å². The molecule has 0 aliphatic heterocycles. The highest BCUT2D eigenvalue weighted by atomic mass is 32.2. The largest absolute Gasteiger partial charge is 0.480 e. The van der Waals surface area contributed by atoms with Gasteiger partial charge in [0.05, 0.1) is 6.04 Å². The Morgan fingerprint density at radius 3 is 0.936 bits per heavy atom. The molecule has 0 bridgehead atoms. The maximum absolute atomic E-state index is 11.6. The van der Waals surface area contributed by atoms with Gasteiger partial charge in [-0.25, -0.2) is 4.79 Å². The second-order valence-corrected chi connectivity index (χ2v) is 13.7. The molecule has 0 heterocycles. The smallest absolute Gasteiger partial charge is 0.326 e. The summed E-state index contributed by atoms with van der Waals surface area (Å²) in [4.78, 5) is 52.7. The Morgan fingerprint density at radius 2 is 0.723 bits per heavy atom. The third kappa shape index (κ3) is 44.9. The van der Waals surface area contributed by atoms with Crippen molar-refractivity contribution in [3.8, 4) is 0 Å². The first kappa shape index (κ1) is 58.1. The molecule has 15 N–H and O–H groups in total. The zero-order chi connectivity index (χ0) is 37.1. The van der Waals surface area contributed by atoms with E-state index in [0.29, 0.717) is 37.9 Å². The van der Waals surface area contributed by atoms with Crippen molar-refractivity contribution in [2.24, 2.45) is 22.9 Å². The van der Waals surface area contributed by atoms with Crippen LogP contribution in [0.4, 0.5) is 0 Å². The molecular formula is C27H61N5O10S5. The van der Waals surface area contributed by atoms with E-state index in [-0.39, 0.29) is 11.4 Å². The van der Waals surface area contributed by atoms with Crippen molar-refractivity contribution in [3.05, 3.63) is 0 Å². The zero-order valence-electron chi connectivity index (χ0n) is 28.6. The standard InChI is InChI=1S/C10H20N2O3S2.3C5H11NO2S.C2H6.H2O/c1-16-5-3-7(11)9(13)12-8(10(14)15)4-6-17-2;3*1-9-3-2-4(6)5(7)8;1-2;/h7-8H,3-6,11H2,1-2H3,(H,12,13)(H,14,15);3*4H,2-3,6H2,1H3,(H,7,8);1-2H3;1H2/t;3*4-;;/m.100../s1. The topological polar surface area (TPSA) is 314 Å². The van der Waals surface area contributed by atoms with Crippen molar-refractivity contribution in [1.29, 1.82) is 0 Å². The molecule has 0 aromatic carbocycles. The molecule has 0 aliphatic carbocycles. The average Bonchev–Trinajstić information content (AvgIpc) is 3.03. The van der Waals surface area contributed by atoms with Gasteiger partial charge in [-0.05, 0) is 92.1 Å². The predicted molar refractivity (Wildman–Crippen MR) is 204 cm³/mol. The van der Waals surface area contributed by atoms with Crippen LogP contribution in [-0.2, 0) is 24.0 Å². The van der Waals surface area contributed by atoms with Crippen LogP contribution in [0.3, 0.4) is 0 Å². The number of carbonyl (C=O) groups excluding carboxylic acids is 1. The Hall–Kier alpha value is -1.10. The fourth-order valence-corrected chi connectivity index (χ4v) is 4.68. The number of nitrogens with two attached hydrogens (primary N) is 4. The second-order valence-electron chi connectivity index (χ2n) is 8.75. The number of thioether (sulfide) groups is 5. The number of hydrogen-bond acceptors (Lipinski definition) is 14. The van der Waals surface area contributed by atoms with Gasteiger partial charge < -0.3 is 54.2 Å². The summed E-state index contributed by atoms with van der Waals surface area (Å²) in [6.45, 7) is 4.00. The summed E-state index contributed by atoms with van der Waals surface area (Å²) in [5.74, 6) is -0.211. The first-order chi connectivity index (χ1) is 21.6. The Morgan fingerprint density at radius 1 is 0.489 bits per heavy atom. The summed E-state index contributed by atoms with van der Waals surface area (Å²) in [5.41, 5.74) is 21.2. The van der Waals surface area contributed by atoms with Gasteiger partial charge in [-0.1, -0.05) is 13.8 Å². The van der Waals surface area contributed by atoms with Crippen LogP contribution in [0, 0.1) is 0 Å². The highest BCUT2D eigenvalue weighted by molar-refractivity contribution is 7.99. The van der Waals surface area contributed by atoms with Gasteiger partial charge in [-0.3, -0.25) is 19.2 Å². The third-order valence-electron chi connectivity index (χ3n) is 5.05. The molecule has 20 heteroatoms. The van der Waals surface area contributed by atoms with E-state index in [9.17, 15) is 24.0 Å². The summed E-state index contributed by atoms with van der Waals surface area (Å²) in [6, 6.07) is -3.51. The van der Waals surface area contributed by atoms with Crippen LogP contribution in [0.2, 0.25) is 0 Å². The Bertz CT molecular complexity index is 723. The number of rotatable bonds is 21. The number of carboxylic acid groups (broad SMARTS) is 4. The maximum atomic E-state index is 11.6. The molecule has 0 aromatic heterocycles. The van der Waals surface area contributed by atoms with Crippen LogP contribution < -0.4 is 28.3 Å². The van der Waals surface area contributed by atoms with Gasteiger partial charge in [0.1, 0.15) is 24.2 Å². The minimum atomic E-state index is -1.01. The summed E-state index contributed by atoms with van der Waals surface area (Å²) in [5, 5.41) is 36.2. The number of nitrogens with one attached hydrogen (secondary N) is 1. The van der Waals surface area contributed by atoms with Crippen molar-refractivity contribution in [2.75, 3.05) is 60.0 Å². The number of aliphatic carboxylic acids is 4. The summed E-state index contributed by atoms with van der Waals surface area (Å²) >= 11 is 7.97. The number of carbonyl (C=O) groups is 5. The van der Waals surface area contributed by atoms with Crippen LogP contribution in [0.15, 0.2) is 0 Å².